The van der Waals surface area contributed by atoms with Gasteiger partial charge in [-0.2, -0.15) is 0 Å². The van der Waals surface area contributed by atoms with Crippen LogP contribution in [0.2, 0.25) is 0 Å². The smallest absolute Gasteiger partial charge is 0.213 e. The van der Waals surface area contributed by atoms with E-state index in [0.29, 0.717) is 19.0 Å². The third kappa shape index (κ3) is 5.14. The molecule has 5 heteroatoms. The molecule has 2 rings (SSSR count). The maximum Gasteiger partial charge on any atom is 0.213 e. The zero-order valence-electron chi connectivity index (χ0n) is 11.4. The Kier molecular flexibility index (Phi) is 6.07. The Labute approximate surface area is 114 Å². The third-order valence-corrected chi connectivity index (χ3v) is 3.16. The van der Waals surface area contributed by atoms with Crippen LogP contribution in [0.5, 0.6) is 5.88 Å². The zero-order valence-corrected chi connectivity index (χ0v) is 11.4. The molecule has 0 bridgehead atoms. The number of hydrogen-bond acceptors (Lipinski definition) is 5. The molecule has 19 heavy (non-hydrogen) atoms. The Morgan fingerprint density at radius 1 is 1.32 bits per heavy atom. The van der Waals surface area contributed by atoms with Gasteiger partial charge >= 0.3 is 0 Å². The quantitative estimate of drug-likeness (QED) is 0.746. The fraction of sp³-hybridized carbons (Fsp3) is 0.643. The average molecular weight is 265 g/mol. The first kappa shape index (κ1) is 14.2. The highest BCUT2D eigenvalue weighted by Gasteiger charge is 2.11. The lowest BCUT2D eigenvalue weighted by Crippen LogP contribution is -2.35. The molecule has 1 fully saturated rings. The zero-order chi connectivity index (χ0) is 13.3. The molecule has 0 spiro atoms. The molecule has 1 aromatic rings. The molecule has 0 amide bonds. The van der Waals surface area contributed by atoms with E-state index >= 15 is 0 Å². The third-order valence-electron chi connectivity index (χ3n) is 3.16. The van der Waals surface area contributed by atoms with Crippen molar-refractivity contribution < 1.29 is 9.47 Å². The van der Waals surface area contributed by atoms with E-state index in [4.69, 9.17) is 15.2 Å². The van der Waals surface area contributed by atoms with Gasteiger partial charge in [-0.05, 0) is 31.0 Å². The van der Waals surface area contributed by atoms with Crippen molar-refractivity contribution in [2.75, 3.05) is 39.5 Å². The topological polar surface area (TPSA) is 60.6 Å². The molecule has 5 nitrogen and oxygen atoms in total. The van der Waals surface area contributed by atoms with Crippen molar-refractivity contribution in [2.24, 2.45) is 5.73 Å². The van der Waals surface area contributed by atoms with Crippen LogP contribution >= 0.6 is 0 Å². The summed E-state index contributed by atoms with van der Waals surface area (Å²) in [6, 6.07) is 4.07. The van der Waals surface area contributed by atoms with Crippen LogP contribution in [0.1, 0.15) is 18.4 Å². The molecule has 0 atom stereocenters. The average Bonchev–Trinajstić information content (AvgIpc) is 2.45. The summed E-state index contributed by atoms with van der Waals surface area (Å²) in [5, 5.41) is 0. The lowest BCUT2D eigenvalue weighted by atomic mass is 10.2. The Morgan fingerprint density at radius 2 is 2.16 bits per heavy atom. The monoisotopic (exact) mass is 265 g/mol. The number of hydrogen-bond donors (Lipinski definition) is 1. The second kappa shape index (κ2) is 8.09. The molecule has 0 saturated carbocycles. The van der Waals surface area contributed by atoms with Gasteiger partial charge in [-0.3, -0.25) is 4.90 Å². The van der Waals surface area contributed by atoms with Crippen molar-refractivity contribution >= 4 is 0 Å². The van der Waals surface area contributed by atoms with Gasteiger partial charge in [0.25, 0.3) is 0 Å². The Hall–Kier alpha value is -1.17. The Morgan fingerprint density at radius 3 is 2.95 bits per heavy atom. The number of nitrogens with two attached hydrogens (primary N) is 1. The van der Waals surface area contributed by atoms with Crippen LogP contribution < -0.4 is 10.5 Å². The van der Waals surface area contributed by atoms with Crippen LogP contribution in [-0.2, 0) is 11.3 Å². The number of aromatic nitrogens is 1. The van der Waals surface area contributed by atoms with E-state index < -0.39 is 0 Å². The van der Waals surface area contributed by atoms with Gasteiger partial charge in [0.15, 0.2) is 0 Å². The molecule has 0 unspecified atom stereocenters. The van der Waals surface area contributed by atoms with Crippen LogP contribution in [0.25, 0.3) is 0 Å². The highest BCUT2D eigenvalue weighted by Crippen LogP contribution is 2.13. The molecular weight excluding hydrogens is 242 g/mol. The van der Waals surface area contributed by atoms with Gasteiger partial charge < -0.3 is 15.2 Å². The van der Waals surface area contributed by atoms with Crippen LogP contribution in [0, 0.1) is 0 Å². The fourth-order valence-electron chi connectivity index (χ4n) is 2.07. The normalized spacial score (nSPS) is 16.5. The molecule has 1 aliphatic rings. The van der Waals surface area contributed by atoms with Crippen LogP contribution in [0.3, 0.4) is 0 Å². The van der Waals surface area contributed by atoms with Gasteiger partial charge in [-0.15, -0.1) is 0 Å². The van der Waals surface area contributed by atoms with E-state index in [-0.39, 0.29) is 0 Å². The van der Waals surface area contributed by atoms with E-state index in [0.717, 1.165) is 45.7 Å². The van der Waals surface area contributed by atoms with E-state index in [1.807, 2.05) is 18.3 Å². The van der Waals surface area contributed by atoms with Crippen molar-refractivity contribution in [2.45, 2.75) is 19.4 Å². The molecule has 0 radical (unpaired) electrons. The maximum atomic E-state index is 5.63. The minimum absolute atomic E-state index is 0.686. The SMILES string of the molecule is NCCCCOc1cc(CN2CCOCC2)ccn1. The van der Waals surface area contributed by atoms with Gasteiger partial charge in [0.1, 0.15) is 0 Å². The van der Waals surface area contributed by atoms with Crippen molar-refractivity contribution in [1.82, 2.24) is 9.88 Å². The van der Waals surface area contributed by atoms with Crippen molar-refractivity contribution in [3.63, 3.8) is 0 Å². The fourth-order valence-corrected chi connectivity index (χ4v) is 2.07. The predicted molar refractivity (Wildman–Crippen MR) is 74.1 cm³/mol. The lowest BCUT2D eigenvalue weighted by Gasteiger charge is -2.26. The van der Waals surface area contributed by atoms with Crippen molar-refractivity contribution in [1.29, 1.82) is 0 Å². The summed E-state index contributed by atoms with van der Waals surface area (Å²) in [6.07, 6.45) is 3.79. The summed E-state index contributed by atoms with van der Waals surface area (Å²) in [6.45, 7) is 5.98. The van der Waals surface area contributed by atoms with Crippen molar-refractivity contribution in [3.8, 4) is 5.88 Å². The van der Waals surface area contributed by atoms with Crippen LogP contribution in [0.4, 0.5) is 0 Å². The lowest BCUT2D eigenvalue weighted by molar-refractivity contribution is 0.0341. The molecule has 2 N–H and O–H groups in total. The maximum absolute atomic E-state index is 5.63. The molecule has 1 aliphatic heterocycles. The molecule has 0 aliphatic carbocycles. The first-order chi connectivity index (χ1) is 9.38. The summed E-state index contributed by atoms with van der Waals surface area (Å²) in [7, 11) is 0. The number of pyridine rings is 1. The van der Waals surface area contributed by atoms with E-state index in [9.17, 15) is 0 Å². The summed E-state index contributed by atoms with van der Waals surface area (Å²) < 4.78 is 11.0. The molecular formula is C14H23N3O2. The number of nitrogens with zero attached hydrogens (tertiary/aromatic N) is 2. The molecule has 0 aromatic carbocycles. The second-order valence-electron chi connectivity index (χ2n) is 4.74. The predicted octanol–water partition coefficient (Wildman–Crippen LogP) is 1.03. The number of ether oxygens (including phenoxy) is 2. The Balaban J connectivity index is 1.80. The van der Waals surface area contributed by atoms with Crippen molar-refractivity contribution in [3.05, 3.63) is 23.9 Å². The minimum Gasteiger partial charge on any atom is -0.478 e. The first-order valence-corrected chi connectivity index (χ1v) is 6.96. The molecule has 106 valence electrons. The number of morpholine rings is 1. The van der Waals surface area contributed by atoms with Crippen LogP contribution in [-0.4, -0.2) is 49.3 Å². The van der Waals surface area contributed by atoms with Gasteiger partial charge in [0.2, 0.25) is 5.88 Å². The van der Waals surface area contributed by atoms with Gasteiger partial charge in [-0.1, -0.05) is 0 Å². The summed E-state index contributed by atoms with van der Waals surface area (Å²) in [5.74, 6) is 0.711. The summed E-state index contributed by atoms with van der Waals surface area (Å²) >= 11 is 0. The van der Waals surface area contributed by atoms with E-state index in [2.05, 4.69) is 9.88 Å². The van der Waals surface area contributed by atoms with E-state index in [1.54, 1.807) is 0 Å². The standard InChI is InChI=1S/C14H23N3O2/c15-4-1-2-8-19-14-11-13(3-5-16-14)12-17-6-9-18-10-7-17/h3,5,11H,1-2,4,6-10,12,15H2. The van der Waals surface area contributed by atoms with Gasteiger partial charge in [-0.25, -0.2) is 4.98 Å². The largest absolute Gasteiger partial charge is 0.478 e. The highest BCUT2D eigenvalue weighted by atomic mass is 16.5. The van der Waals surface area contributed by atoms with E-state index in [1.165, 1.54) is 5.56 Å². The molecule has 1 saturated heterocycles. The molecule has 1 aromatic heterocycles. The number of rotatable bonds is 7. The van der Waals surface area contributed by atoms with Gasteiger partial charge in [0.05, 0.1) is 19.8 Å². The molecule has 2 heterocycles. The Bertz CT molecular complexity index is 367. The first-order valence-electron chi connectivity index (χ1n) is 6.96. The summed E-state index contributed by atoms with van der Waals surface area (Å²) in [4.78, 5) is 6.62. The highest BCUT2D eigenvalue weighted by molar-refractivity contribution is 5.20. The second-order valence-corrected chi connectivity index (χ2v) is 4.74. The van der Waals surface area contributed by atoms with Gasteiger partial charge in [0, 0.05) is 31.9 Å². The summed E-state index contributed by atoms with van der Waals surface area (Å²) in [5.41, 5.74) is 6.69. The minimum atomic E-state index is 0.686. The van der Waals surface area contributed by atoms with Crippen LogP contribution in [0.15, 0.2) is 18.3 Å². The number of unbranched alkanes of at least 4 members (excludes halogenated alkanes) is 1.